The topological polar surface area (TPSA) is 98.9 Å². The summed E-state index contributed by atoms with van der Waals surface area (Å²) in [5.41, 5.74) is 7.37. The molecule has 8 heteroatoms. The molecule has 0 unspecified atom stereocenters. The number of aryl methyl sites for hydroxylation is 1. The first-order valence-corrected chi connectivity index (χ1v) is 10.5. The zero-order valence-electron chi connectivity index (χ0n) is 16.0. The first-order valence-electron chi connectivity index (χ1n) is 9.03. The Balaban J connectivity index is 1.88. The van der Waals surface area contributed by atoms with Crippen LogP contribution in [-0.4, -0.2) is 38.8 Å². The van der Waals surface area contributed by atoms with Gasteiger partial charge in [-0.1, -0.05) is 11.6 Å². The number of amides is 1. The average Bonchev–Trinajstić information content (AvgIpc) is 3.22. The average molecular weight is 404 g/mol. The van der Waals surface area contributed by atoms with Crippen molar-refractivity contribution >= 4 is 15.9 Å². The highest BCUT2D eigenvalue weighted by Crippen LogP contribution is 2.28. The Morgan fingerprint density at radius 3 is 2.43 bits per heavy atom. The first-order chi connectivity index (χ1) is 13.3. The van der Waals surface area contributed by atoms with Crippen LogP contribution < -0.4 is 15.2 Å². The molecule has 0 bridgehead atoms. The Bertz CT molecular complexity index is 982. The van der Waals surface area contributed by atoms with E-state index < -0.39 is 15.9 Å². The van der Waals surface area contributed by atoms with E-state index in [-0.39, 0.29) is 22.8 Å². The quantitative estimate of drug-likeness (QED) is 0.764. The van der Waals surface area contributed by atoms with Crippen LogP contribution in [0.5, 0.6) is 11.5 Å². The summed E-state index contributed by atoms with van der Waals surface area (Å²) in [5.74, 6) is 0.153. The summed E-state index contributed by atoms with van der Waals surface area (Å²) in [7, 11) is -2.07. The number of hydrogen-bond donors (Lipinski definition) is 1. The van der Waals surface area contributed by atoms with Crippen LogP contribution in [0.1, 0.15) is 34.3 Å². The summed E-state index contributed by atoms with van der Waals surface area (Å²) in [6.07, 6.45) is 1.67. The second kappa shape index (κ2) is 8.20. The number of benzene rings is 2. The predicted molar refractivity (Wildman–Crippen MR) is 105 cm³/mol. The van der Waals surface area contributed by atoms with E-state index in [1.54, 1.807) is 7.11 Å². The van der Waals surface area contributed by atoms with Gasteiger partial charge in [-0.05, 0) is 50.1 Å². The van der Waals surface area contributed by atoms with E-state index in [9.17, 15) is 13.2 Å². The minimum absolute atomic E-state index is 0.0342. The zero-order valence-corrected chi connectivity index (χ0v) is 16.8. The molecular weight excluding hydrogens is 380 g/mol. The van der Waals surface area contributed by atoms with Crippen LogP contribution in [0.3, 0.4) is 0 Å². The number of nitrogens with zero attached hydrogens (tertiary/aromatic N) is 1. The number of nitrogens with two attached hydrogens (primary N) is 1. The molecule has 7 nitrogen and oxygen atoms in total. The maximum Gasteiger partial charge on any atom is 0.252 e. The van der Waals surface area contributed by atoms with Crippen molar-refractivity contribution in [2.24, 2.45) is 5.73 Å². The Labute approximate surface area is 165 Å². The molecule has 0 spiro atoms. The summed E-state index contributed by atoms with van der Waals surface area (Å²) in [6.45, 7) is 3.08. The van der Waals surface area contributed by atoms with Gasteiger partial charge in [-0.15, -0.1) is 0 Å². The van der Waals surface area contributed by atoms with Gasteiger partial charge in [0.2, 0.25) is 10.0 Å². The van der Waals surface area contributed by atoms with Gasteiger partial charge in [-0.3, -0.25) is 4.79 Å². The lowest BCUT2D eigenvalue weighted by Gasteiger charge is -2.17. The van der Waals surface area contributed by atoms with Crippen molar-refractivity contribution in [3.63, 3.8) is 0 Å². The van der Waals surface area contributed by atoms with Crippen molar-refractivity contribution in [1.29, 1.82) is 0 Å². The zero-order chi connectivity index (χ0) is 20.3. The SMILES string of the molecule is COc1ccc(C)cc1COc1ccc(S(=O)(=O)N2CCCC2)cc1C(N)=O. The maximum atomic E-state index is 12.7. The van der Waals surface area contributed by atoms with Crippen LogP contribution in [0, 0.1) is 6.92 Å². The lowest BCUT2D eigenvalue weighted by atomic mass is 10.1. The van der Waals surface area contributed by atoms with Gasteiger partial charge in [-0.25, -0.2) is 8.42 Å². The van der Waals surface area contributed by atoms with E-state index in [0.29, 0.717) is 18.8 Å². The molecule has 3 rings (SSSR count). The lowest BCUT2D eigenvalue weighted by molar-refractivity contribution is 0.0995. The van der Waals surface area contributed by atoms with Crippen LogP contribution in [0.4, 0.5) is 0 Å². The van der Waals surface area contributed by atoms with Crippen LogP contribution in [0.2, 0.25) is 0 Å². The number of rotatable bonds is 7. The molecule has 0 aliphatic carbocycles. The number of methoxy groups -OCH3 is 1. The number of hydrogen-bond acceptors (Lipinski definition) is 5. The fourth-order valence-electron chi connectivity index (χ4n) is 3.24. The molecule has 150 valence electrons. The van der Waals surface area contributed by atoms with E-state index in [4.69, 9.17) is 15.2 Å². The second-order valence-corrected chi connectivity index (χ2v) is 8.68. The lowest BCUT2D eigenvalue weighted by Crippen LogP contribution is -2.28. The Kier molecular flexibility index (Phi) is 5.90. The summed E-state index contributed by atoms with van der Waals surface area (Å²) in [5, 5.41) is 0. The van der Waals surface area contributed by atoms with Gasteiger partial charge in [0.05, 0.1) is 17.6 Å². The van der Waals surface area contributed by atoms with Crippen LogP contribution in [0.25, 0.3) is 0 Å². The van der Waals surface area contributed by atoms with Crippen LogP contribution >= 0.6 is 0 Å². The van der Waals surface area contributed by atoms with Crippen LogP contribution in [0.15, 0.2) is 41.3 Å². The fraction of sp³-hybridized carbons (Fsp3) is 0.350. The Hall–Kier alpha value is -2.58. The molecule has 1 heterocycles. The third-order valence-electron chi connectivity index (χ3n) is 4.74. The predicted octanol–water partition coefficient (Wildman–Crippen LogP) is 2.47. The van der Waals surface area contributed by atoms with Crippen molar-refractivity contribution in [1.82, 2.24) is 4.31 Å². The largest absolute Gasteiger partial charge is 0.496 e. The highest BCUT2D eigenvalue weighted by molar-refractivity contribution is 7.89. The standard InChI is InChI=1S/C20H24N2O5S/c1-14-5-7-18(26-2)15(11-14)13-27-19-8-6-16(12-17(19)20(21)23)28(24,25)22-9-3-4-10-22/h5-8,11-12H,3-4,9-10,13H2,1-2H3,(H2,21,23). The van der Waals surface area contributed by atoms with E-state index >= 15 is 0 Å². The smallest absolute Gasteiger partial charge is 0.252 e. The molecule has 1 fully saturated rings. The number of carbonyl (C=O) groups is 1. The molecular formula is C20H24N2O5S. The summed E-state index contributed by atoms with van der Waals surface area (Å²) in [6, 6.07) is 9.91. The molecule has 0 saturated carbocycles. The van der Waals surface area contributed by atoms with Crippen molar-refractivity contribution in [2.45, 2.75) is 31.3 Å². The third kappa shape index (κ3) is 4.13. The molecule has 0 aromatic heterocycles. The van der Waals surface area contributed by atoms with Gasteiger partial charge in [0.1, 0.15) is 18.1 Å². The van der Waals surface area contributed by atoms with Crippen molar-refractivity contribution in [3.8, 4) is 11.5 Å². The summed E-state index contributed by atoms with van der Waals surface area (Å²) in [4.78, 5) is 12.0. The van der Waals surface area contributed by atoms with Gasteiger partial charge in [-0.2, -0.15) is 4.31 Å². The molecule has 1 amide bonds. The van der Waals surface area contributed by atoms with E-state index in [1.165, 1.54) is 22.5 Å². The normalized spacial score (nSPS) is 14.8. The molecule has 2 aromatic carbocycles. The van der Waals surface area contributed by atoms with E-state index in [0.717, 1.165) is 24.0 Å². The van der Waals surface area contributed by atoms with Gasteiger partial charge < -0.3 is 15.2 Å². The molecule has 2 aromatic rings. The molecule has 0 atom stereocenters. The van der Waals surface area contributed by atoms with Crippen molar-refractivity contribution < 1.29 is 22.7 Å². The number of primary amides is 1. The molecule has 28 heavy (non-hydrogen) atoms. The van der Waals surface area contributed by atoms with E-state index in [2.05, 4.69) is 0 Å². The van der Waals surface area contributed by atoms with Crippen LogP contribution in [-0.2, 0) is 16.6 Å². The highest BCUT2D eigenvalue weighted by atomic mass is 32.2. The minimum Gasteiger partial charge on any atom is -0.496 e. The van der Waals surface area contributed by atoms with E-state index in [1.807, 2.05) is 25.1 Å². The number of ether oxygens (including phenoxy) is 2. The third-order valence-corrected chi connectivity index (χ3v) is 6.63. The molecule has 0 radical (unpaired) electrons. The summed E-state index contributed by atoms with van der Waals surface area (Å²) >= 11 is 0. The summed E-state index contributed by atoms with van der Waals surface area (Å²) < 4.78 is 38.0. The Morgan fingerprint density at radius 1 is 1.11 bits per heavy atom. The molecule has 2 N–H and O–H groups in total. The first kappa shape index (κ1) is 20.2. The van der Waals surface area contributed by atoms with Gasteiger partial charge >= 0.3 is 0 Å². The second-order valence-electron chi connectivity index (χ2n) is 6.74. The Morgan fingerprint density at radius 2 is 1.79 bits per heavy atom. The molecule has 1 aliphatic rings. The molecule has 1 aliphatic heterocycles. The maximum absolute atomic E-state index is 12.7. The molecule has 1 saturated heterocycles. The van der Waals surface area contributed by atoms with Crippen molar-refractivity contribution in [2.75, 3.05) is 20.2 Å². The van der Waals surface area contributed by atoms with Crippen molar-refractivity contribution in [3.05, 3.63) is 53.1 Å². The van der Waals surface area contributed by atoms with Gasteiger partial charge in [0, 0.05) is 18.7 Å². The van der Waals surface area contributed by atoms with Gasteiger partial charge in [0.25, 0.3) is 5.91 Å². The number of carbonyl (C=O) groups excluding carboxylic acids is 1. The fourth-order valence-corrected chi connectivity index (χ4v) is 4.79. The monoisotopic (exact) mass is 404 g/mol. The highest BCUT2D eigenvalue weighted by Gasteiger charge is 2.28. The minimum atomic E-state index is -3.64. The number of sulfonamides is 1. The van der Waals surface area contributed by atoms with Gasteiger partial charge in [0.15, 0.2) is 0 Å².